The van der Waals surface area contributed by atoms with Gasteiger partial charge in [-0.25, -0.2) is 8.42 Å². The summed E-state index contributed by atoms with van der Waals surface area (Å²) in [6.45, 7) is 2.00. The fourth-order valence-corrected chi connectivity index (χ4v) is 3.56. The van der Waals surface area contributed by atoms with Gasteiger partial charge in [0.1, 0.15) is 17.3 Å². The minimum absolute atomic E-state index is 0.0470. The van der Waals surface area contributed by atoms with Crippen LogP contribution in [0, 0.1) is 0 Å². The van der Waals surface area contributed by atoms with Crippen LogP contribution in [-0.2, 0) is 14.6 Å². The van der Waals surface area contributed by atoms with Crippen molar-refractivity contribution in [2.24, 2.45) is 0 Å². The number of unbranched alkanes of at least 4 members (excludes halogenated alkanes) is 2. The van der Waals surface area contributed by atoms with Crippen LogP contribution < -0.4 is 10.1 Å². The molecule has 0 bridgehead atoms. The normalized spacial score (nSPS) is 11.1. The summed E-state index contributed by atoms with van der Waals surface area (Å²) in [5, 5.41) is 2.62. The van der Waals surface area contributed by atoms with Gasteiger partial charge in [0, 0.05) is 11.8 Å². The number of benzene rings is 2. The van der Waals surface area contributed by atoms with E-state index in [0.29, 0.717) is 23.6 Å². The van der Waals surface area contributed by atoms with Crippen LogP contribution in [0.2, 0.25) is 0 Å². The number of hydrogen-bond acceptors (Lipinski definition) is 4. The van der Waals surface area contributed by atoms with Crippen LogP contribution in [0.25, 0.3) is 0 Å². The molecule has 0 heterocycles. The molecule has 0 aromatic heterocycles. The first-order chi connectivity index (χ1) is 12.0. The fourth-order valence-electron chi connectivity index (χ4n) is 2.30. The predicted octanol–water partition coefficient (Wildman–Crippen LogP) is 4.02. The minimum atomic E-state index is -3.38. The number of ether oxygens (including phenoxy) is 1. The van der Waals surface area contributed by atoms with Crippen molar-refractivity contribution in [2.75, 3.05) is 16.8 Å². The van der Waals surface area contributed by atoms with Crippen LogP contribution >= 0.6 is 0 Å². The lowest BCUT2D eigenvalue weighted by Crippen LogP contribution is -2.24. The molecule has 0 aliphatic rings. The maximum absolute atomic E-state index is 12.0. The summed E-state index contributed by atoms with van der Waals surface area (Å²) >= 11 is 0. The summed E-state index contributed by atoms with van der Waals surface area (Å²) in [6.07, 6.45) is 2.38. The highest BCUT2D eigenvalue weighted by Gasteiger charge is 2.16. The van der Waals surface area contributed by atoms with E-state index in [4.69, 9.17) is 4.74 Å². The molecule has 0 radical (unpaired) electrons. The number of sulfone groups is 1. The van der Waals surface area contributed by atoms with Crippen molar-refractivity contribution in [1.29, 1.82) is 0 Å². The molecule has 0 atom stereocenters. The third-order valence-electron chi connectivity index (χ3n) is 3.51. The second-order valence-corrected chi connectivity index (χ2v) is 7.97. The zero-order valence-corrected chi connectivity index (χ0v) is 15.1. The van der Waals surface area contributed by atoms with Gasteiger partial charge in [-0.15, -0.1) is 0 Å². The average molecular weight is 361 g/mol. The molecule has 0 fully saturated rings. The second kappa shape index (κ2) is 9.22. The van der Waals surface area contributed by atoms with Crippen LogP contribution in [0.15, 0.2) is 54.6 Å². The molecule has 0 spiro atoms. The van der Waals surface area contributed by atoms with Crippen LogP contribution in [0.5, 0.6) is 11.5 Å². The van der Waals surface area contributed by atoms with Crippen molar-refractivity contribution < 1.29 is 17.9 Å². The predicted molar refractivity (Wildman–Crippen MR) is 99.8 cm³/mol. The summed E-state index contributed by atoms with van der Waals surface area (Å²) in [7, 11) is -3.38. The zero-order valence-electron chi connectivity index (χ0n) is 14.3. The topological polar surface area (TPSA) is 72.5 Å². The Balaban J connectivity index is 1.93. The quantitative estimate of drug-likeness (QED) is 0.685. The van der Waals surface area contributed by atoms with Crippen molar-refractivity contribution in [3.63, 3.8) is 0 Å². The van der Waals surface area contributed by atoms with E-state index >= 15 is 0 Å². The molecule has 0 saturated heterocycles. The average Bonchev–Trinajstić information content (AvgIpc) is 2.55. The molecule has 0 unspecified atom stereocenters. The van der Waals surface area contributed by atoms with Gasteiger partial charge >= 0.3 is 0 Å². The van der Waals surface area contributed by atoms with E-state index in [0.717, 1.165) is 12.8 Å². The van der Waals surface area contributed by atoms with Gasteiger partial charge in [-0.1, -0.05) is 44.0 Å². The summed E-state index contributed by atoms with van der Waals surface area (Å²) in [5.41, 5.74) is 0.502. The Morgan fingerprint density at radius 2 is 1.72 bits per heavy atom. The number of rotatable bonds is 9. The molecular formula is C19H23NO4S. The molecule has 0 aliphatic carbocycles. The summed E-state index contributed by atoms with van der Waals surface area (Å²) in [6, 6.07) is 16.1. The van der Waals surface area contributed by atoms with Gasteiger partial charge in [0.25, 0.3) is 0 Å². The Kier molecular flexibility index (Phi) is 7.01. The highest BCUT2D eigenvalue weighted by atomic mass is 32.2. The molecule has 5 nitrogen and oxygen atoms in total. The first kappa shape index (κ1) is 19.0. The highest BCUT2D eigenvalue weighted by Crippen LogP contribution is 2.23. The first-order valence-electron chi connectivity index (χ1n) is 8.32. The summed E-state index contributed by atoms with van der Waals surface area (Å²) < 4.78 is 29.6. The van der Waals surface area contributed by atoms with E-state index in [-0.39, 0.29) is 5.75 Å². The molecule has 1 N–H and O–H groups in total. The van der Waals surface area contributed by atoms with Gasteiger partial charge in [0.2, 0.25) is 5.91 Å². The lowest BCUT2D eigenvalue weighted by Gasteiger charge is -2.09. The maximum Gasteiger partial charge on any atom is 0.239 e. The van der Waals surface area contributed by atoms with Gasteiger partial charge < -0.3 is 10.1 Å². The third kappa shape index (κ3) is 6.97. The van der Waals surface area contributed by atoms with Crippen molar-refractivity contribution in [2.45, 2.75) is 26.2 Å². The first-order valence-corrected chi connectivity index (χ1v) is 10.1. The number of carbonyl (C=O) groups excluding carboxylic acids is 1. The number of nitrogens with one attached hydrogen (secondary N) is 1. The minimum Gasteiger partial charge on any atom is -0.457 e. The molecule has 0 saturated carbocycles. The maximum atomic E-state index is 12.0. The van der Waals surface area contributed by atoms with E-state index in [1.165, 1.54) is 0 Å². The number of hydrogen-bond donors (Lipinski definition) is 1. The van der Waals surface area contributed by atoms with Gasteiger partial charge in [0.15, 0.2) is 9.84 Å². The molecular weight excluding hydrogens is 338 g/mol. The largest absolute Gasteiger partial charge is 0.457 e. The summed E-state index contributed by atoms with van der Waals surface area (Å²) in [5.74, 6) is 0.263. The van der Waals surface area contributed by atoms with Crippen molar-refractivity contribution >= 4 is 21.4 Å². The van der Waals surface area contributed by atoms with Gasteiger partial charge in [-0.3, -0.25) is 4.79 Å². The molecule has 25 heavy (non-hydrogen) atoms. The zero-order chi connectivity index (χ0) is 18.1. The Morgan fingerprint density at radius 3 is 2.44 bits per heavy atom. The van der Waals surface area contributed by atoms with Gasteiger partial charge in [-0.2, -0.15) is 0 Å². The van der Waals surface area contributed by atoms with E-state index in [1.807, 2.05) is 37.3 Å². The Morgan fingerprint density at radius 1 is 1.00 bits per heavy atom. The van der Waals surface area contributed by atoms with Crippen molar-refractivity contribution in [3.8, 4) is 11.5 Å². The highest BCUT2D eigenvalue weighted by molar-refractivity contribution is 7.92. The number of anilines is 1. The lowest BCUT2D eigenvalue weighted by molar-refractivity contribution is -0.113. The van der Waals surface area contributed by atoms with E-state index in [9.17, 15) is 13.2 Å². The Labute approximate surface area is 148 Å². The SMILES string of the molecule is CCCCCS(=O)(=O)CC(=O)Nc1cccc(Oc2ccccc2)c1. The standard InChI is InChI=1S/C19H23NO4S/c1-2-3-7-13-25(22,23)15-19(21)20-16-9-8-12-18(14-16)24-17-10-5-4-6-11-17/h4-6,8-12,14H,2-3,7,13,15H2,1H3,(H,20,21). The van der Waals surface area contributed by atoms with Crippen LogP contribution in [0.4, 0.5) is 5.69 Å². The smallest absolute Gasteiger partial charge is 0.239 e. The van der Waals surface area contributed by atoms with E-state index < -0.39 is 21.5 Å². The monoisotopic (exact) mass is 361 g/mol. The third-order valence-corrected chi connectivity index (χ3v) is 5.12. The molecule has 6 heteroatoms. The van der Waals surface area contributed by atoms with Crippen molar-refractivity contribution in [3.05, 3.63) is 54.6 Å². The molecule has 2 aromatic carbocycles. The van der Waals surface area contributed by atoms with Crippen molar-refractivity contribution in [1.82, 2.24) is 0 Å². The number of carbonyl (C=O) groups is 1. The number of para-hydroxylation sites is 1. The molecule has 2 rings (SSSR count). The second-order valence-electron chi connectivity index (χ2n) is 5.79. The van der Waals surface area contributed by atoms with Crippen LogP contribution in [-0.4, -0.2) is 25.8 Å². The fraction of sp³-hybridized carbons (Fsp3) is 0.316. The van der Waals surface area contributed by atoms with E-state index in [2.05, 4.69) is 5.32 Å². The van der Waals surface area contributed by atoms with Crippen LogP contribution in [0.3, 0.4) is 0 Å². The number of amides is 1. The molecule has 0 aliphatic heterocycles. The summed E-state index contributed by atoms with van der Waals surface area (Å²) in [4.78, 5) is 12.0. The molecule has 134 valence electrons. The molecule has 2 aromatic rings. The molecule has 1 amide bonds. The van der Waals surface area contributed by atoms with E-state index in [1.54, 1.807) is 24.3 Å². The Hall–Kier alpha value is -2.34. The lowest BCUT2D eigenvalue weighted by atomic mass is 10.3. The van der Waals surface area contributed by atoms with Gasteiger partial charge in [-0.05, 0) is 30.7 Å². The Bertz CT molecular complexity index is 788. The van der Waals surface area contributed by atoms with Gasteiger partial charge in [0.05, 0.1) is 5.75 Å². The van der Waals surface area contributed by atoms with Crippen LogP contribution in [0.1, 0.15) is 26.2 Å².